The second-order valence-electron chi connectivity index (χ2n) is 4.16. The molecular formula is C9H20N2O2S. The highest BCUT2D eigenvalue weighted by Gasteiger charge is 2.29. The van der Waals surface area contributed by atoms with Crippen molar-refractivity contribution in [1.29, 1.82) is 0 Å². The number of hydrogen-bond donors (Lipinski definition) is 2. The Balaban J connectivity index is 2.37. The Labute approximate surface area is 86.1 Å². The topological polar surface area (TPSA) is 72.2 Å². The normalized spacial score (nSPS) is 27.7. The van der Waals surface area contributed by atoms with Gasteiger partial charge in [0.2, 0.25) is 0 Å². The van der Waals surface area contributed by atoms with Gasteiger partial charge in [0.25, 0.3) is 0 Å². The van der Waals surface area contributed by atoms with E-state index in [1.807, 2.05) is 0 Å². The first-order valence-electron chi connectivity index (χ1n) is 5.24. The van der Waals surface area contributed by atoms with Gasteiger partial charge in [0, 0.05) is 6.04 Å². The Morgan fingerprint density at radius 3 is 2.71 bits per heavy atom. The van der Waals surface area contributed by atoms with Crippen molar-refractivity contribution in [2.45, 2.75) is 38.6 Å². The molecule has 1 saturated heterocycles. The summed E-state index contributed by atoms with van der Waals surface area (Å²) in [7, 11) is -2.73. The van der Waals surface area contributed by atoms with Crippen LogP contribution in [0.5, 0.6) is 0 Å². The predicted molar refractivity (Wildman–Crippen MR) is 57.4 cm³/mol. The molecule has 0 spiro atoms. The molecule has 0 radical (unpaired) electrons. The summed E-state index contributed by atoms with van der Waals surface area (Å²) in [5.41, 5.74) is 2.76. The predicted octanol–water partition coefficient (Wildman–Crippen LogP) is 0.443. The van der Waals surface area contributed by atoms with Crippen LogP contribution < -0.4 is 11.3 Å². The van der Waals surface area contributed by atoms with Crippen molar-refractivity contribution >= 4 is 9.84 Å². The van der Waals surface area contributed by atoms with Crippen LogP contribution in [0.3, 0.4) is 0 Å². The largest absolute Gasteiger partial charge is 0.271 e. The third-order valence-electron chi connectivity index (χ3n) is 2.82. The molecule has 0 saturated carbocycles. The lowest BCUT2D eigenvalue weighted by atomic mass is 9.97. The van der Waals surface area contributed by atoms with Gasteiger partial charge in [0.05, 0.1) is 11.5 Å². The molecule has 5 heteroatoms. The Kier molecular flexibility index (Phi) is 4.34. The highest BCUT2D eigenvalue weighted by molar-refractivity contribution is 7.91. The number of rotatable bonds is 5. The van der Waals surface area contributed by atoms with Gasteiger partial charge in [-0.25, -0.2) is 8.42 Å². The zero-order valence-electron chi connectivity index (χ0n) is 8.70. The molecule has 0 amide bonds. The van der Waals surface area contributed by atoms with E-state index in [1.165, 1.54) is 0 Å². The Morgan fingerprint density at radius 1 is 1.57 bits per heavy atom. The van der Waals surface area contributed by atoms with Crippen LogP contribution >= 0.6 is 0 Å². The average molecular weight is 220 g/mol. The van der Waals surface area contributed by atoms with Crippen molar-refractivity contribution < 1.29 is 8.42 Å². The van der Waals surface area contributed by atoms with Crippen LogP contribution in [0.2, 0.25) is 0 Å². The molecule has 2 unspecified atom stereocenters. The minimum atomic E-state index is -2.73. The summed E-state index contributed by atoms with van der Waals surface area (Å²) in [6.07, 6.45) is 3.80. The molecule has 0 aromatic rings. The lowest BCUT2D eigenvalue weighted by Crippen LogP contribution is -2.36. The van der Waals surface area contributed by atoms with Crippen LogP contribution in [0.25, 0.3) is 0 Å². The minimum Gasteiger partial charge on any atom is -0.271 e. The van der Waals surface area contributed by atoms with E-state index < -0.39 is 9.84 Å². The molecule has 1 heterocycles. The van der Waals surface area contributed by atoms with Crippen LogP contribution in [-0.4, -0.2) is 26.0 Å². The zero-order chi connectivity index (χ0) is 10.6. The van der Waals surface area contributed by atoms with Gasteiger partial charge >= 0.3 is 0 Å². The molecule has 0 aromatic heterocycles. The SMILES string of the molecule is CCCC(CC1CCS(=O)(=O)C1)NN. The molecule has 0 aromatic carbocycles. The summed E-state index contributed by atoms with van der Waals surface area (Å²) in [5, 5.41) is 0. The van der Waals surface area contributed by atoms with Gasteiger partial charge in [-0.05, 0) is 25.2 Å². The highest BCUT2D eigenvalue weighted by atomic mass is 32.2. The van der Waals surface area contributed by atoms with Gasteiger partial charge in [0.1, 0.15) is 0 Å². The first-order chi connectivity index (χ1) is 6.57. The van der Waals surface area contributed by atoms with Gasteiger partial charge in [-0.2, -0.15) is 0 Å². The summed E-state index contributed by atoms with van der Waals surface area (Å²) in [6.45, 7) is 2.11. The summed E-state index contributed by atoms with van der Waals surface area (Å²) >= 11 is 0. The standard InChI is InChI=1S/C9H20N2O2S/c1-2-3-9(11-10)6-8-4-5-14(12,13)7-8/h8-9,11H,2-7,10H2,1H3. The van der Waals surface area contributed by atoms with Crippen LogP contribution in [0.4, 0.5) is 0 Å². The van der Waals surface area contributed by atoms with Gasteiger partial charge in [-0.3, -0.25) is 11.3 Å². The van der Waals surface area contributed by atoms with E-state index in [-0.39, 0.29) is 6.04 Å². The molecule has 14 heavy (non-hydrogen) atoms. The van der Waals surface area contributed by atoms with Crippen LogP contribution in [0, 0.1) is 5.92 Å². The lowest BCUT2D eigenvalue weighted by Gasteiger charge is -2.17. The van der Waals surface area contributed by atoms with Gasteiger partial charge in [-0.15, -0.1) is 0 Å². The van der Waals surface area contributed by atoms with Crippen molar-refractivity contribution in [2.24, 2.45) is 11.8 Å². The molecular weight excluding hydrogens is 200 g/mol. The highest BCUT2D eigenvalue weighted by Crippen LogP contribution is 2.23. The fourth-order valence-electron chi connectivity index (χ4n) is 2.08. The van der Waals surface area contributed by atoms with Crippen molar-refractivity contribution in [2.75, 3.05) is 11.5 Å². The number of hydrogen-bond acceptors (Lipinski definition) is 4. The second kappa shape index (κ2) is 5.09. The molecule has 1 rings (SSSR count). The van der Waals surface area contributed by atoms with E-state index >= 15 is 0 Å². The van der Waals surface area contributed by atoms with E-state index in [0.29, 0.717) is 17.4 Å². The maximum atomic E-state index is 11.2. The first-order valence-corrected chi connectivity index (χ1v) is 7.06. The Bertz CT molecular complexity index is 264. The molecule has 2 atom stereocenters. The van der Waals surface area contributed by atoms with Crippen LogP contribution in [-0.2, 0) is 9.84 Å². The zero-order valence-corrected chi connectivity index (χ0v) is 9.52. The summed E-state index contributed by atoms with van der Waals surface area (Å²) < 4.78 is 22.4. The molecule has 84 valence electrons. The Hall–Kier alpha value is -0.130. The van der Waals surface area contributed by atoms with Crippen molar-refractivity contribution in [3.8, 4) is 0 Å². The van der Waals surface area contributed by atoms with E-state index in [9.17, 15) is 8.42 Å². The lowest BCUT2D eigenvalue weighted by molar-refractivity contribution is 0.389. The number of nitrogens with one attached hydrogen (secondary N) is 1. The third kappa shape index (κ3) is 3.55. The average Bonchev–Trinajstić information content (AvgIpc) is 2.45. The van der Waals surface area contributed by atoms with Crippen molar-refractivity contribution in [3.05, 3.63) is 0 Å². The molecule has 1 aliphatic heterocycles. The maximum absolute atomic E-state index is 11.2. The van der Waals surface area contributed by atoms with Crippen LogP contribution in [0.15, 0.2) is 0 Å². The summed E-state index contributed by atoms with van der Waals surface area (Å²) in [6, 6.07) is 0.276. The fourth-order valence-corrected chi connectivity index (χ4v) is 3.96. The molecule has 3 N–H and O–H groups in total. The molecule has 0 bridgehead atoms. The van der Waals surface area contributed by atoms with E-state index in [1.54, 1.807) is 0 Å². The second-order valence-corrected chi connectivity index (χ2v) is 6.39. The minimum absolute atomic E-state index is 0.276. The van der Waals surface area contributed by atoms with Gasteiger partial charge in [-0.1, -0.05) is 13.3 Å². The first kappa shape index (κ1) is 11.9. The Morgan fingerprint density at radius 2 is 2.29 bits per heavy atom. The third-order valence-corrected chi connectivity index (χ3v) is 4.65. The fraction of sp³-hybridized carbons (Fsp3) is 1.00. The monoisotopic (exact) mass is 220 g/mol. The molecule has 1 aliphatic rings. The molecule has 0 aliphatic carbocycles. The van der Waals surface area contributed by atoms with Crippen LogP contribution in [0.1, 0.15) is 32.6 Å². The van der Waals surface area contributed by atoms with Gasteiger partial charge < -0.3 is 0 Å². The van der Waals surface area contributed by atoms with E-state index in [0.717, 1.165) is 25.7 Å². The summed E-state index contributed by atoms with van der Waals surface area (Å²) in [5.74, 6) is 6.44. The van der Waals surface area contributed by atoms with E-state index in [2.05, 4.69) is 12.3 Å². The van der Waals surface area contributed by atoms with Gasteiger partial charge in [0.15, 0.2) is 9.84 Å². The summed E-state index contributed by atoms with van der Waals surface area (Å²) in [4.78, 5) is 0. The van der Waals surface area contributed by atoms with Crippen molar-refractivity contribution in [3.63, 3.8) is 0 Å². The maximum Gasteiger partial charge on any atom is 0.150 e. The molecule has 4 nitrogen and oxygen atoms in total. The molecule has 1 fully saturated rings. The van der Waals surface area contributed by atoms with E-state index in [4.69, 9.17) is 5.84 Å². The number of sulfone groups is 1. The number of hydrazine groups is 1. The number of nitrogens with two attached hydrogens (primary N) is 1. The quantitative estimate of drug-likeness (QED) is 0.521. The van der Waals surface area contributed by atoms with Crippen molar-refractivity contribution in [1.82, 2.24) is 5.43 Å². The smallest absolute Gasteiger partial charge is 0.150 e.